The first kappa shape index (κ1) is 15.4. The molecule has 1 unspecified atom stereocenters. The van der Waals surface area contributed by atoms with E-state index in [1.807, 2.05) is 12.1 Å². The Morgan fingerprint density at radius 1 is 1.35 bits per heavy atom. The Balaban J connectivity index is 2.47. The second kappa shape index (κ2) is 7.16. The van der Waals surface area contributed by atoms with Crippen LogP contribution in [-0.2, 0) is 0 Å². The van der Waals surface area contributed by atoms with Gasteiger partial charge in [-0.2, -0.15) is 0 Å². The molecular weight excluding hydrogens is 343 g/mol. The molecule has 0 fully saturated rings. The molecule has 1 heterocycles. The number of nitrogens with zero attached hydrogens (tertiary/aromatic N) is 1. The zero-order chi connectivity index (χ0) is 14.5. The summed E-state index contributed by atoms with van der Waals surface area (Å²) in [6, 6.07) is 6.80. The predicted octanol–water partition coefficient (Wildman–Crippen LogP) is 4.73. The Hall–Kier alpha value is -0.970. The van der Waals surface area contributed by atoms with Gasteiger partial charge >= 0.3 is 0 Å². The van der Waals surface area contributed by atoms with E-state index in [-0.39, 0.29) is 11.9 Å². The molecule has 0 aliphatic heterocycles. The van der Waals surface area contributed by atoms with Crippen molar-refractivity contribution < 1.29 is 4.39 Å². The van der Waals surface area contributed by atoms with Gasteiger partial charge in [0.2, 0.25) is 0 Å². The molecule has 1 atom stereocenters. The van der Waals surface area contributed by atoms with Gasteiger partial charge in [0.1, 0.15) is 5.82 Å². The monoisotopic (exact) mass is 356 g/mol. The van der Waals surface area contributed by atoms with Crippen molar-refractivity contribution in [2.45, 2.75) is 19.4 Å². The molecule has 0 saturated heterocycles. The Morgan fingerprint density at radius 3 is 2.85 bits per heavy atom. The maximum Gasteiger partial charge on any atom is 0.142 e. The maximum atomic E-state index is 14.4. The smallest absolute Gasteiger partial charge is 0.142 e. The van der Waals surface area contributed by atoms with E-state index in [0.29, 0.717) is 15.1 Å². The van der Waals surface area contributed by atoms with E-state index in [1.165, 1.54) is 0 Å². The lowest BCUT2D eigenvalue weighted by Crippen LogP contribution is -2.24. The first-order valence-electron chi connectivity index (χ1n) is 6.41. The summed E-state index contributed by atoms with van der Waals surface area (Å²) in [6.45, 7) is 2.84. The highest BCUT2D eigenvalue weighted by molar-refractivity contribution is 9.10. The molecule has 2 aromatic rings. The van der Waals surface area contributed by atoms with Gasteiger partial charge in [0.25, 0.3) is 0 Å². The summed E-state index contributed by atoms with van der Waals surface area (Å²) in [5.41, 5.74) is 1.40. The fourth-order valence-corrected chi connectivity index (χ4v) is 2.65. The number of aromatic nitrogens is 1. The highest BCUT2D eigenvalue weighted by Crippen LogP contribution is 2.31. The van der Waals surface area contributed by atoms with E-state index in [1.54, 1.807) is 24.5 Å². The quantitative estimate of drug-likeness (QED) is 0.837. The lowest BCUT2D eigenvalue weighted by atomic mass is 9.99. The SMILES string of the molecule is CCCNC(c1ccncc1Cl)c1cccc(Br)c1F. The molecule has 0 saturated carbocycles. The molecule has 1 aromatic carbocycles. The number of hydrogen-bond acceptors (Lipinski definition) is 2. The topological polar surface area (TPSA) is 24.9 Å². The minimum atomic E-state index is -0.289. The minimum absolute atomic E-state index is 0.269. The molecule has 1 aromatic heterocycles. The van der Waals surface area contributed by atoms with Gasteiger partial charge in [0.05, 0.1) is 15.5 Å². The van der Waals surface area contributed by atoms with Gasteiger partial charge in [-0.3, -0.25) is 4.98 Å². The molecule has 5 heteroatoms. The Kier molecular flexibility index (Phi) is 5.52. The summed E-state index contributed by atoms with van der Waals surface area (Å²) in [5.74, 6) is -0.269. The van der Waals surface area contributed by atoms with E-state index in [4.69, 9.17) is 11.6 Å². The largest absolute Gasteiger partial charge is 0.306 e. The van der Waals surface area contributed by atoms with Crippen molar-refractivity contribution in [3.05, 3.63) is 63.1 Å². The van der Waals surface area contributed by atoms with Crippen molar-refractivity contribution in [1.82, 2.24) is 10.3 Å². The van der Waals surface area contributed by atoms with E-state index in [2.05, 4.69) is 33.2 Å². The normalized spacial score (nSPS) is 12.4. The van der Waals surface area contributed by atoms with Crippen molar-refractivity contribution in [1.29, 1.82) is 0 Å². The van der Waals surface area contributed by atoms with Crippen LogP contribution in [0.15, 0.2) is 41.1 Å². The van der Waals surface area contributed by atoms with Crippen LogP contribution in [0.25, 0.3) is 0 Å². The van der Waals surface area contributed by atoms with E-state index in [9.17, 15) is 4.39 Å². The standard InChI is InChI=1S/C15H15BrClFN2/c1-2-7-20-15(10-6-8-19-9-13(10)17)11-4-3-5-12(16)14(11)18/h3-6,8-9,15,20H,2,7H2,1H3. The molecular formula is C15H15BrClFN2. The molecule has 0 aliphatic carbocycles. The molecule has 1 N–H and O–H groups in total. The van der Waals surface area contributed by atoms with Crippen molar-refractivity contribution in [3.8, 4) is 0 Å². The van der Waals surface area contributed by atoms with Crippen LogP contribution in [0.2, 0.25) is 5.02 Å². The number of nitrogens with one attached hydrogen (secondary N) is 1. The van der Waals surface area contributed by atoms with Crippen molar-refractivity contribution in [2.24, 2.45) is 0 Å². The van der Waals surface area contributed by atoms with Gasteiger partial charge in [-0.1, -0.05) is 30.7 Å². The number of hydrogen-bond donors (Lipinski definition) is 1. The molecule has 106 valence electrons. The zero-order valence-electron chi connectivity index (χ0n) is 11.0. The van der Waals surface area contributed by atoms with Gasteiger partial charge in [0.15, 0.2) is 0 Å². The van der Waals surface area contributed by atoms with E-state index >= 15 is 0 Å². The number of pyridine rings is 1. The predicted molar refractivity (Wildman–Crippen MR) is 83.5 cm³/mol. The molecule has 2 nitrogen and oxygen atoms in total. The van der Waals surface area contributed by atoms with Crippen LogP contribution in [0.3, 0.4) is 0 Å². The summed E-state index contributed by atoms with van der Waals surface area (Å²) < 4.78 is 14.8. The Morgan fingerprint density at radius 2 is 2.15 bits per heavy atom. The number of halogens is 3. The third-order valence-corrected chi connectivity index (χ3v) is 3.93. The number of benzene rings is 1. The van der Waals surface area contributed by atoms with Crippen molar-refractivity contribution in [2.75, 3.05) is 6.54 Å². The van der Waals surface area contributed by atoms with Crippen LogP contribution in [-0.4, -0.2) is 11.5 Å². The minimum Gasteiger partial charge on any atom is -0.306 e. The van der Waals surface area contributed by atoms with Crippen LogP contribution in [0, 0.1) is 5.82 Å². The summed E-state index contributed by atoms with van der Waals surface area (Å²) in [7, 11) is 0. The van der Waals surface area contributed by atoms with Crippen LogP contribution in [0.1, 0.15) is 30.5 Å². The first-order valence-corrected chi connectivity index (χ1v) is 7.59. The van der Waals surface area contributed by atoms with Crippen LogP contribution in [0.5, 0.6) is 0 Å². The molecule has 0 amide bonds. The molecule has 20 heavy (non-hydrogen) atoms. The van der Waals surface area contributed by atoms with Crippen molar-refractivity contribution >= 4 is 27.5 Å². The van der Waals surface area contributed by atoms with Gasteiger partial charge in [-0.15, -0.1) is 0 Å². The molecule has 0 bridgehead atoms. The molecule has 2 rings (SSSR count). The van der Waals surface area contributed by atoms with Crippen molar-refractivity contribution in [3.63, 3.8) is 0 Å². The van der Waals surface area contributed by atoms with Gasteiger partial charge in [-0.05, 0) is 46.6 Å². The molecule has 0 spiro atoms. The van der Waals surface area contributed by atoms with Gasteiger partial charge in [0, 0.05) is 18.0 Å². The third-order valence-electron chi connectivity index (χ3n) is 3.01. The van der Waals surface area contributed by atoms with E-state index in [0.717, 1.165) is 18.5 Å². The first-order chi connectivity index (χ1) is 9.65. The molecule has 0 aliphatic rings. The summed E-state index contributed by atoms with van der Waals surface area (Å²) in [4.78, 5) is 3.98. The molecule has 0 radical (unpaired) electrons. The van der Waals surface area contributed by atoms with Gasteiger partial charge in [-0.25, -0.2) is 4.39 Å². The second-order valence-corrected chi connectivity index (χ2v) is 5.69. The van der Waals surface area contributed by atoms with Crippen LogP contribution < -0.4 is 5.32 Å². The summed E-state index contributed by atoms with van der Waals surface area (Å²) >= 11 is 9.43. The Bertz CT molecular complexity index is 592. The zero-order valence-corrected chi connectivity index (χ0v) is 13.4. The Labute approximate surface area is 131 Å². The summed E-state index contributed by atoms with van der Waals surface area (Å²) in [6.07, 6.45) is 4.19. The van der Waals surface area contributed by atoms with Crippen LogP contribution in [0.4, 0.5) is 4.39 Å². The fourth-order valence-electron chi connectivity index (χ4n) is 2.04. The average molecular weight is 358 g/mol. The second-order valence-electron chi connectivity index (χ2n) is 4.43. The average Bonchev–Trinajstić information content (AvgIpc) is 2.45. The van der Waals surface area contributed by atoms with Gasteiger partial charge < -0.3 is 5.32 Å². The lowest BCUT2D eigenvalue weighted by molar-refractivity contribution is 0.543. The van der Waals surface area contributed by atoms with E-state index < -0.39 is 0 Å². The highest BCUT2D eigenvalue weighted by Gasteiger charge is 2.20. The third kappa shape index (κ3) is 3.37. The summed E-state index contributed by atoms with van der Waals surface area (Å²) in [5, 5.41) is 3.87. The lowest BCUT2D eigenvalue weighted by Gasteiger charge is -2.21. The maximum absolute atomic E-state index is 14.4. The van der Waals surface area contributed by atoms with Crippen LogP contribution >= 0.6 is 27.5 Å². The fraction of sp³-hybridized carbons (Fsp3) is 0.267. The highest BCUT2D eigenvalue weighted by atomic mass is 79.9. The number of rotatable bonds is 5.